The Morgan fingerprint density at radius 3 is 2.56 bits per heavy atom. The molecule has 1 heterocycles. The van der Waals surface area contributed by atoms with Crippen LogP contribution in [0, 0.1) is 0 Å². The van der Waals surface area contributed by atoms with E-state index in [0.717, 1.165) is 9.39 Å². The van der Waals surface area contributed by atoms with Crippen molar-refractivity contribution in [3.63, 3.8) is 0 Å². The first-order chi connectivity index (χ1) is 3.84. The van der Waals surface area contributed by atoms with Crippen molar-refractivity contribution in [2.24, 2.45) is 0 Å². The third-order valence-electron chi connectivity index (χ3n) is 0.540. The van der Waals surface area contributed by atoms with Gasteiger partial charge in [0.2, 0.25) is 5.16 Å². The van der Waals surface area contributed by atoms with E-state index in [9.17, 15) is 0 Å². The Bertz CT molecular complexity index is 129. The summed E-state index contributed by atoms with van der Waals surface area (Å²) < 4.78 is 3.06. The van der Waals surface area contributed by atoms with E-state index in [4.69, 9.17) is 11.6 Å². The largest absolute Gasteiger partial charge is 1.00 e. The summed E-state index contributed by atoms with van der Waals surface area (Å²) in [6, 6.07) is 0. The molecule has 0 saturated carbocycles. The molecule has 0 spiro atoms. The van der Waals surface area contributed by atoms with Gasteiger partial charge in [0, 0.05) is 10.8 Å². The molecule has 0 atom stereocenters. The zero-order valence-electron chi connectivity index (χ0n) is 3.94. The van der Waals surface area contributed by atoms with Crippen molar-refractivity contribution in [1.82, 2.24) is 0 Å². The molecule has 0 bridgehead atoms. The van der Waals surface area contributed by atoms with Crippen LogP contribution in [0.15, 0.2) is 9.39 Å². The van der Waals surface area contributed by atoms with Gasteiger partial charge >= 0.3 is 0 Å². The molecule has 1 nitrogen and oxygen atoms in total. The summed E-state index contributed by atoms with van der Waals surface area (Å²) in [5.74, 6) is 0. The molecule has 0 saturated heterocycles. The summed E-state index contributed by atoms with van der Waals surface area (Å²) >= 11 is 8.95. The molecule has 0 amide bonds. The van der Waals surface area contributed by atoms with Gasteiger partial charge in [0.15, 0.2) is 11.0 Å². The molecule has 0 fully saturated rings. The molecule has 1 rings (SSSR count). The topological polar surface area (TPSA) is 16.6 Å². The highest BCUT2D eigenvalue weighted by Gasteiger charge is 2.19. The van der Waals surface area contributed by atoms with Gasteiger partial charge in [-0.3, -0.25) is 0 Å². The minimum atomic E-state index is 0. The van der Waals surface area contributed by atoms with Crippen molar-refractivity contribution in [2.75, 3.05) is 0 Å². The lowest BCUT2D eigenvalue weighted by molar-refractivity contribution is -0.402. The van der Waals surface area contributed by atoms with Crippen molar-refractivity contribution >= 4 is 58.4 Å². The van der Waals surface area contributed by atoms with Gasteiger partial charge in [-0.05, 0) is 36.6 Å². The van der Waals surface area contributed by atoms with Gasteiger partial charge in [0.25, 0.3) is 0 Å². The zero-order valence-corrected chi connectivity index (χ0v) is 10.3. The van der Waals surface area contributed by atoms with E-state index in [2.05, 4.69) is 14.8 Å². The highest BCUT2D eigenvalue weighted by molar-refractivity contribution is 9.51. The van der Waals surface area contributed by atoms with Crippen LogP contribution in [0.25, 0.3) is 0 Å². The van der Waals surface area contributed by atoms with E-state index < -0.39 is 0 Å². The van der Waals surface area contributed by atoms with Crippen LogP contribution < -0.4 is 21.7 Å². The first kappa shape index (κ1) is 11.0. The molecule has 54 valence electrons. The number of rotatable bonds is 1. The standard InChI is InChI=1S/C2HBrClNS3.BrH/c3-6-2-1(4)5-8-7-2;/h5H;1H. The van der Waals surface area contributed by atoms with Crippen LogP contribution in [0.5, 0.6) is 0 Å². The summed E-state index contributed by atoms with van der Waals surface area (Å²) in [4.78, 5) is 0. The Morgan fingerprint density at radius 1 is 1.67 bits per heavy atom. The molecule has 1 aliphatic heterocycles. The van der Waals surface area contributed by atoms with E-state index in [1.165, 1.54) is 10.2 Å². The molecular formula is C2H2Br2ClNS3. The van der Waals surface area contributed by atoms with Crippen LogP contribution >= 0.6 is 58.4 Å². The van der Waals surface area contributed by atoms with E-state index in [1.54, 1.807) is 21.8 Å². The molecule has 2 N–H and O–H groups in total. The smallest absolute Gasteiger partial charge is 0.232 e. The molecule has 0 aromatic heterocycles. The average molecular weight is 332 g/mol. The monoisotopic (exact) mass is 329 g/mol. The van der Waals surface area contributed by atoms with Crippen molar-refractivity contribution in [3.05, 3.63) is 9.39 Å². The summed E-state index contributed by atoms with van der Waals surface area (Å²) in [5, 5.41) is 0.849. The lowest BCUT2D eigenvalue weighted by Crippen LogP contribution is -3.00. The third kappa shape index (κ3) is 3.27. The van der Waals surface area contributed by atoms with Crippen LogP contribution in [-0.2, 0) is 0 Å². The van der Waals surface area contributed by atoms with E-state index in [0.29, 0.717) is 0 Å². The third-order valence-corrected chi connectivity index (χ3v) is 5.86. The predicted octanol–water partition coefficient (Wildman–Crippen LogP) is -0.728. The van der Waals surface area contributed by atoms with Crippen LogP contribution in [0.4, 0.5) is 0 Å². The number of hydrogen-bond donors (Lipinski definition) is 1. The fourth-order valence-electron chi connectivity index (χ4n) is 0.248. The van der Waals surface area contributed by atoms with Gasteiger partial charge in [-0.2, -0.15) is 0 Å². The molecule has 0 aliphatic carbocycles. The van der Waals surface area contributed by atoms with E-state index in [1.807, 2.05) is 4.72 Å². The number of nitrogens with two attached hydrogens (primary N) is 1. The fraction of sp³-hybridized carbons (Fsp3) is 0. The molecule has 7 heteroatoms. The Balaban J connectivity index is 0.000000640. The van der Waals surface area contributed by atoms with Gasteiger partial charge in [-0.25, -0.2) is 4.72 Å². The van der Waals surface area contributed by atoms with E-state index >= 15 is 0 Å². The highest BCUT2D eigenvalue weighted by Crippen LogP contribution is 2.43. The normalized spacial score (nSPS) is 18.0. The molecule has 0 radical (unpaired) electrons. The molecule has 0 unspecified atom stereocenters. The first-order valence-electron chi connectivity index (χ1n) is 1.69. The Hall–Kier alpha value is 2.00. The summed E-state index contributed by atoms with van der Waals surface area (Å²) in [6.45, 7) is 0. The maximum Gasteiger partial charge on any atom is 0.232 e. The molecule has 1 aliphatic rings. The Labute approximate surface area is 88.6 Å². The molecule has 9 heavy (non-hydrogen) atoms. The van der Waals surface area contributed by atoms with Crippen molar-refractivity contribution in [3.8, 4) is 0 Å². The lowest BCUT2D eigenvalue weighted by Gasteiger charge is -1.81. The predicted molar refractivity (Wildman–Crippen MR) is 46.5 cm³/mol. The minimum Gasteiger partial charge on any atom is -1.00 e. The molecular weight excluding hydrogens is 329 g/mol. The van der Waals surface area contributed by atoms with Crippen LogP contribution in [0.3, 0.4) is 0 Å². The van der Waals surface area contributed by atoms with E-state index in [-0.39, 0.29) is 17.0 Å². The minimum absolute atomic E-state index is 0. The molecule has 0 aromatic carbocycles. The van der Waals surface area contributed by atoms with Crippen molar-refractivity contribution < 1.29 is 21.7 Å². The summed E-state index contributed by atoms with van der Waals surface area (Å²) in [5.41, 5.74) is 0. The summed E-state index contributed by atoms with van der Waals surface area (Å²) in [7, 11) is 4.84. The highest BCUT2D eigenvalue weighted by atomic mass is 79.9. The lowest BCUT2D eigenvalue weighted by atomic mass is 11.1. The quantitative estimate of drug-likeness (QED) is 0.388. The van der Waals surface area contributed by atoms with Gasteiger partial charge in [0.05, 0.1) is 0 Å². The second-order valence-corrected chi connectivity index (χ2v) is 5.29. The van der Waals surface area contributed by atoms with Gasteiger partial charge in [0.1, 0.15) is 4.24 Å². The van der Waals surface area contributed by atoms with Crippen LogP contribution in [-0.4, -0.2) is 0 Å². The zero-order chi connectivity index (χ0) is 5.98. The van der Waals surface area contributed by atoms with Gasteiger partial charge in [-0.15, -0.1) is 0 Å². The maximum atomic E-state index is 5.71. The second-order valence-electron chi connectivity index (χ2n) is 1.01. The SMILES string of the molecule is ClC1=C(SBr)SS[NH2+]1.[Br-]. The van der Waals surface area contributed by atoms with Crippen molar-refractivity contribution in [2.45, 2.75) is 0 Å². The van der Waals surface area contributed by atoms with Crippen LogP contribution in [0.2, 0.25) is 0 Å². The fourth-order valence-corrected chi connectivity index (χ4v) is 5.58. The van der Waals surface area contributed by atoms with Gasteiger partial charge in [-0.1, -0.05) is 0 Å². The van der Waals surface area contributed by atoms with Crippen molar-refractivity contribution in [1.29, 1.82) is 0 Å². The average Bonchev–Trinajstić information content (AvgIpc) is 2.14. The first-order valence-corrected chi connectivity index (χ1v) is 6.94. The Morgan fingerprint density at radius 2 is 2.33 bits per heavy atom. The van der Waals surface area contributed by atoms with Gasteiger partial charge < -0.3 is 17.0 Å². The Kier molecular flexibility index (Phi) is 6.88. The number of hydrogen-bond acceptors (Lipinski definition) is 3. The van der Waals surface area contributed by atoms with Crippen LogP contribution in [0.1, 0.15) is 0 Å². The summed E-state index contributed by atoms with van der Waals surface area (Å²) in [6.07, 6.45) is 0. The number of quaternary nitrogens is 1. The maximum absolute atomic E-state index is 5.71. The number of halogens is 3. The molecule has 0 aromatic rings. The second kappa shape index (κ2) is 5.62.